The van der Waals surface area contributed by atoms with Crippen molar-refractivity contribution in [1.82, 2.24) is 0 Å². The molecule has 0 spiro atoms. The van der Waals surface area contributed by atoms with Gasteiger partial charge in [-0.05, 0) is 50.3 Å². The fourth-order valence-electron chi connectivity index (χ4n) is 3.80. The molecule has 2 rings (SSSR count). The molecule has 0 amide bonds. The van der Waals surface area contributed by atoms with E-state index in [1.165, 1.54) is 18.2 Å². The number of halogens is 3. The van der Waals surface area contributed by atoms with Crippen molar-refractivity contribution in [3.8, 4) is 5.75 Å². The van der Waals surface area contributed by atoms with Crippen LogP contribution in [0.3, 0.4) is 0 Å². The van der Waals surface area contributed by atoms with Crippen LogP contribution in [0.4, 0.5) is 13.2 Å². The van der Waals surface area contributed by atoms with Crippen LogP contribution >= 0.6 is 0 Å². The van der Waals surface area contributed by atoms with Crippen molar-refractivity contribution in [2.75, 3.05) is 6.61 Å². The highest BCUT2D eigenvalue weighted by Crippen LogP contribution is 2.36. The third-order valence-corrected chi connectivity index (χ3v) is 5.53. The quantitative estimate of drug-likeness (QED) is 0.345. The number of carbonyl (C=O) groups is 1. The Morgan fingerprint density at radius 3 is 2.69 bits per heavy atom. The second-order valence-electron chi connectivity index (χ2n) is 8.20. The summed E-state index contributed by atoms with van der Waals surface area (Å²) < 4.78 is 43.6. The van der Waals surface area contributed by atoms with Gasteiger partial charge in [-0.3, -0.25) is 0 Å². The average molecular weight is 457 g/mol. The summed E-state index contributed by atoms with van der Waals surface area (Å²) in [4.78, 5) is 10.9. The lowest BCUT2D eigenvalue weighted by atomic mass is 9.89. The lowest BCUT2D eigenvalue weighted by Gasteiger charge is -2.19. The van der Waals surface area contributed by atoms with Gasteiger partial charge >= 0.3 is 6.18 Å². The minimum Gasteiger partial charge on any atom is -0.491 e. The number of carbonyl (C=O) groups excluding carboxylic acids is 1. The average Bonchev–Trinajstić information content (AvgIpc) is 2.99. The van der Waals surface area contributed by atoms with E-state index < -0.39 is 30.1 Å². The molecular weight excluding hydrogens is 425 g/mol. The summed E-state index contributed by atoms with van der Waals surface area (Å²) in [6, 6.07) is 4.41. The number of ketones is 1. The summed E-state index contributed by atoms with van der Waals surface area (Å²) in [6.45, 7) is 1.31. The van der Waals surface area contributed by atoms with Gasteiger partial charge in [0, 0.05) is 18.8 Å². The Morgan fingerprint density at radius 1 is 1.25 bits per heavy atom. The predicted molar refractivity (Wildman–Crippen MR) is 114 cm³/mol. The fraction of sp³-hybridized carbons (Fsp3) is 0.542. The molecule has 3 N–H and O–H groups in total. The van der Waals surface area contributed by atoms with Crippen molar-refractivity contribution in [3.63, 3.8) is 0 Å². The minimum atomic E-state index is -4.48. The molecule has 1 saturated carbocycles. The number of allylic oxidation sites excluding steroid dienone is 2. The highest BCUT2D eigenvalue weighted by atomic mass is 19.4. The SMILES string of the molecule is CC(=O)CCC/C=C\C[C@@H]1[C@@H](/C=C/[C@@H](O)COc2cccc(C(F)(F)F)c2)[C@H](O)C[C@@H]1O. The first-order chi connectivity index (χ1) is 15.1. The number of unbranched alkanes of at least 4 members (excludes halogenated alkanes) is 1. The number of benzene rings is 1. The molecule has 0 saturated heterocycles. The largest absolute Gasteiger partial charge is 0.491 e. The van der Waals surface area contributed by atoms with Gasteiger partial charge in [0.05, 0.1) is 17.8 Å². The van der Waals surface area contributed by atoms with Crippen LogP contribution in [-0.2, 0) is 11.0 Å². The molecule has 1 aromatic carbocycles. The van der Waals surface area contributed by atoms with Crippen molar-refractivity contribution in [1.29, 1.82) is 0 Å². The summed E-state index contributed by atoms with van der Waals surface area (Å²) in [5.41, 5.74) is -0.833. The summed E-state index contributed by atoms with van der Waals surface area (Å²) in [5.74, 6) is -0.443. The molecule has 1 aliphatic carbocycles. The van der Waals surface area contributed by atoms with E-state index in [0.717, 1.165) is 25.0 Å². The summed E-state index contributed by atoms with van der Waals surface area (Å²) in [6.07, 6.45) is 2.79. The maximum Gasteiger partial charge on any atom is 0.416 e. The molecule has 1 fully saturated rings. The Morgan fingerprint density at radius 2 is 2.00 bits per heavy atom. The maximum atomic E-state index is 12.8. The van der Waals surface area contributed by atoms with E-state index in [1.54, 1.807) is 13.0 Å². The standard InChI is InChI=1S/C24H31F3O5/c1-16(28)7-4-2-3-5-10-20-21(23(31)14-22(20)30)12-11-18(29)15-32-19-9-6-8-17(13-19)24(25,26)27/h3,5-6,8-9,11-13,18,20-23,29-31H,2,4,7,10,14-15H2,1H3/b5-3-,12-11+/t18-,20-,21-,22+,23-/m1/s1. The highest BCUT2D eigenvalue weighted by molar-refractivity contribution is 5.75. The van der Waals surface area contributed by atoms with Gasteiger partial charge in [0.1, 0.15) is 24.2 Å². The van der Waals surface area contributed by atoms with Crippen LogP contribution in [0.15, 0.2) is 48.6 Å². The minimum absolute atomic E-state index is 0.00335. The van der Waals surface area contributed by atoms with Crippen LogP contribution in [0.5, 0.6) is 5.75 Å². The lowest BCUT2D eigenvalue weighted by molar-refractivity contribution is -0.137. The van der Waals surface area contributed by atoms with Gasteiger partial charge in [-0.2, -0.15) is 13.2 Å². The van der Waals surface area contributed by atoms with E-state index in [4.69, 9.17) is 4.74 Å². The van der Waals surface area contributed by atoms with Crippen molar-refractivity contribution >= 4 is 5.78 Å². The van der Waals surface area contributed by atoms with E-state index in [0.29, 0.717) is 12.8 Å². The van der Waals surface area contributed by atoms with Gasteiger partial charge in [0.25, 0.3) is 0 Å². The van der Waals surface area contributed by atoms with Gasteiger partial charge in [-0.1, -0.05) is 30.4 Å². The Labute approximate surface area is 186 Å². The molecule has 0 aromatic heterocycles. The zero-order valence-corrected chi connectivity index (χ0v) is 18.0. The molecule has 178 valence electrons. The molecule has 32 heavy (non-hydrogen) atoms. The molecule has 0 aliphatic heterocycles. The third kappa shape index (κ3) is 8.41. The van der Waals surface area contributed by atoms with Gasteiger partial charge in [-0.25, -0.2) is 0 Å². The van der Waals surface area contributed by atoms with Crippen LogP contribution < -0.4 is 4.74 Å². The number of rotatable bonds is 11. The number of hydrogen-bond donors (Lipinski definition) is 3. The summed E-state index contributed by atoms with van der Waals surface area (Å²) in [7, 11) is 0. The monoisotopic (exact) mass is 456 g/mol. The molecule has 5 nitrogen and oxygen atoms in total. The van der Waals surface area contributed by atoms with Crippen molar-refractivity contribution in [2.24, 2.45) is 11.8 Å². The number of Topliss-reactive ketones (excluding diaryl/α,β-unsaturated/α-hetero) is 1. The Hall–Kier alpha value is -2.16. The fourth-order valence-corrected chi connectivity index (χ4v) is 3.80. The van der Waals surface area contributed by atoms with Crippen LogP contribution in [0, 0.1) is 11.8 Å². The molecule has 1 aliphatic rings. The van der Waals surface area contributed by atoms with E-state index in [9.17, 15) is 33.3 Å². The lowest BCUT2D eigenvalue weighted by Crippen LogP contribution is -2.21. The molecule has 1 aromatic rings. The zero-order valence-electron chi connectivity index (χ0n) is 18.0. The van der Waals surface area contributed by atoms with E-state index in [1.807, 2.05) is 12.2 Å². The molecule has 8 heteroatoms. The normalized spacial score (nSPS) is 25.0. The second-order valence-corrected chi connectivity index (χ2v) is 8.20. The first-order valence-corrected chi connectivity index (χ1v) is 10.7. The van der Waals surface area contributed by atoms with Crippen molar-refractivity contribution in [3.05, 3.63) is 54.1 Å². The molecule has 0 bridgehead atoms. The van der Waals surface area contributed by atoms with Gasteiger partial charge in [0.2, 0.25) is 0 Å². The van der Waals surface area contributed by atoms with Crippen molar-refractivity contribution in [2.45, 2.75) is 63.5 Å². The Balaban J connectivity index is 1.87. The number of alkyl halides is 3. The van der Waals surface area contributed by atoms with Gasteiger partial charge < -0.3 is 24.9 Å². The van der Waals surface area contributed by atoms with E-state index in [-0.39, 0.29) is 36.4 Å². The maximum absolute atomic E-state index is 12.8. The number of aliphatic hydroxyl groups is 3. The Bertz CT molecular complexity index is 790. The van der Waals surface area contributed by atoms with Crippen molar-refractivity contribution < 1.29 is 38.0 Å². The molecule has 5 atom stereocenters. The van der Waals surface area contributed by atoms with Crippen LogP contribution in [-0.4, -0.2) is 46.0 Å². The third-order valence-electron chi connectivity index (χ3n) is 5.53. The first kappa shape index (κ1) is 26.1. The second kappa shape index (κ2) is 12.2. The topological polar surface area (TPSA) is 87.0 Å². The van der Waals surface area contributed by atoms with Crippen LogP contribution in [0.1, 0.15) is 44.6 Å². The van der Waals surface area contributed by atoms with E-state index >= 15 is 0 Å². The zero-order chi connectivity index (χ0) is 23.7. The smallest absolute Gasteiger partial charge is 0.416 e. The number of aliphatic hydroxyl groups excluding tert-OH is 3. The molecular formula is C24H31F3O5. The first-order valence-electron chi connectivity index (χ1n) is 10.7. The predicted octanol–water partition coefficient (Wildman–Crippen LogP) is 4.06. The van der Waals surface area contributed by atoms with Crippen LogP contribution in [0.2, 0.25) is 0 Å². The number of hydrogen-bond acceptors (Lipinski definition) is 5. The molecule has 0 heterocycles. The van der Waals surface area contributed by atoms with Gasteiger partial charge in [0.15, 0.2) is 0 Å². The van der Waals surface area contributed by atoms with Crippen LogP contribution in [0.25, 0.3) is 0 Å². The van der Waals surface area contributed by atoms with E-state index in [2.05, 4.69) is 0 Å². The Kier molecular flexibility index (Phi) is 9.93. The summed E-state index contributed by atoms with van der Waals surface area (Å²) >= 11 is 0. The summed E-state index contributed by atoms with van der Waals surface area (Å²) in [5, 5.41) is 30.7. The molecule has 0 radical (unpaired) electrons. The van der Waals surface area contributed by atoms with Gasteiger partial charge in [-0.15, -0.1) is 0 Å². The molecule has 0 unspecified atom stereocenters. The highest BCUT2D eigenvalue weighted by Gasteiger charge is 2.39. The number of ether oxygens (including phenoxy) is 1.